The molecule has 0 spiro atoms. The van der Waals surface area contributed by atoms with Crippen LogP contribution in [0, 0.1) is 12.8 Å². The highest BCUT2D eigenvalue weighted by molar-refractivity contribution is 7.89. The van der Waals surface area contributed by atoms with E-state index >= 15 is 0 Å². The summed E-state index contributed by atoms with van der Waals surface area (Å²) in [6.07, 6.45) is 1.64. The molecule has 2 aromatic rings. The van der Waals surface area contributed by atoms with E-state index in [2.05, 4.69) is 0 Å². The number of sulfonamides is 1. The van der Waals surface area contributed by atoms with E-state index in [4.69, 9.17) is 5.21 Å². The minimum absolute atomic E-state index is 0.00853. The second kappa shape index (κ2) is 6.86. The van der Waals surface area contributed by atoms with Gasteiger partial charge in [-0.2, -0.15) is 4.31 Å². The first kappa shape index (κ1) is 18.6. The Morgan fingerprint density at radius 3 is 2.46 bits per heavy atom. The lowest BCUT2D eigenvalue weighted by atomic mass is 9.99. The first-order valence-corrected chi connectivity index (χ1v) is 9.92. The van der Waals surface area contributed by atoms with E-state index in [1.165, 1.54) is 4.31 Å². The van der Waals surface area contributed by atoms with Crippen LogP contribution in [-0.4, -0.2) is 34.9 Å². The Labute approximate surface area is 153 Å². The average molecular weight is 377 g/mol. The summed E-state index contributed by atoms with van der Waals surface area (Å²) in [6.45, 7) is 6.59. The molecular weight excluding hydrogens is 354 g/mol. The Morgan fingerprint density at radius 1 is 1.23 bits per heavy atom. The first-order chi connectivity index (χ1) is 12.3. The molecule has 2 N–H and O–H groups in total. The maximum absolute atomic E-state index is 13.2. The van der Waals surface area contributed by atoms with Crippen LogP contribution < -0.4 is 5.48 Å². The Kier molecular flexibility index (Phi) is 4.92. The number of rotatable bonds is 4. The molecule has 3 rings (SSSR count). The van der Waals surface area contributed by atoms with Gasteiger partial charge in [-0.25, -0.2) is 13.9 Å². The number of aromatic nitrogens is 1. The molecule has 1 unspecified atom stereocenters. The van der Waals surface area contributed by atoms with E-state index in [1.54, 1.807) is 42.0 Å². The van der Waals surface area contributed by atoms with Gasteiger partial charge in [0.1, 0.15) is 0 Å². The highest BCUT2D eigenvalue weighted by atomic mass is 32.2. The van der Waals surface area contributed by atoms with Gasteiger partial charge in [0.15, 0.2) is 0 Å². The zero-order valence-corrected chi connectivity index (χ0v) is 15.8. The van der Waals surface area contributed by atoms with E-state index in [-0.39, 0.29) is 10.8 Å². The Balaban J connectivity index is 2.05. The molecule has 1 aliphatic rings. The second-order valence-electron chi connectivity index (χ2n) is 6.91. The van der Waals surface area contributed by atoms with Crippen molar-refractivity contribution in [1.82, 2.24) is 14.4 Å². The van der Waals surface area contributed by atoms with Crippen molar-refractivity contribution >= 4 is 15.9 Å². The lowest BCUT2D eigenvalue weighted by molar-refractivity contribution is 0.0706. The molecule has 2 heterocycles. The summed E-state index contributed by atoms with van der Waals surface area (Å²) in [5.41, 5.74) is 3.68. The van der Waals surface area contributed by atoms with Gasteiger partial charge in [0, 0.05) is 25.0 Å². The number of benzene rings is 1. The largest absolute Gasteiger partial charge is 0.348 e. The fourth-order valence-corrected chi connectivity index (χ4v) is 5.17. The maximum Gasteiger partial charge on any atom is 0.276 e. The van der Waals surface area contributed by atoms with Gasteiger partial charge >= 0.3 is 0 Å². The topological polar surface area (TPSA) is 91.6 Å². The fraction of sp³-hybridized carbons (Fsp3) is 0.389. The minimum atomic E-state index is -3.66. The Bertz CT molecular complexity index is 916. The summed E-state index contributed by atoms with van der Waals surface area (Å²) in [4.78, 5) is 12.0. The van der Waals surface area contributed by atoms with Gasteiger partial charge in [-0.1, -0.05) is 31.5 Å². The molecule has 0 aliphatic carbocycles. The number of hydrogen-bond donors (Lipinski definition) is 2. The van der Waals surface area contributed by atoms with E-state index in [9.17, 15) is 13.2 Å². The van der Waals surface area contributed by atoms with Crippen molar-refractivity contribution in [2.75, 3.05) is 6.54 Å². The molecule has 1 aliphatic heterocycles. The zero-order valence-electron chi connectivity index (χ0n) is 15.0. The van der Waals surface area contributed by atoms with Gasteiger partial charge in [0.25, 0.3) is 5.91 Å². The predicted octanol–water partition coefficient (Wildman–Crippen LogP) is 2.32. The summed E-state index contributed by atoms with van der Waals surface area (Å²) in [5, 5.41) is 8.86. The number of fused-ring (bicyclic) bond motifs is 1. The quantitative estimate of drug-likeness (QED) is 0.632. The van der Waals surface area contributed by atoms with Crippen molar-refractivity contribution in [2.24, 2.45) is 5.92 Å². The van der Waals surface area contributed by atoms with Crippen LogP contribution in [0.5, 0.6) is 0 Å². The molecule has 1 amide bonds. The van der Waals surface area contributed by atoms with Crippen LogP contribution in [0.3, 0.4) is 0 Å². The number of hydroxylamine groups is 1. The van der Waals surface area contributed by atoms with Gasteiger partial charge in [-0.3, -0.25) is 10.0 Å². The van der Waals surface area contributed by atoms with Crippen LogP contribution in [0.1, 0.15) is 41.5 Å². The highest BCUT2D eigenvalue weighted by Gasteiger charge is 2.38. The number of nitrogens with one attached hydrogen (secondary N) is 1. The molecule has 8 heteroatoms. The van der Waals surface area contributed by atoms with E-state index in [0.717, 1.165) is 11.3 Å². The third-order valence-corrected chi connectivity index (χ3v) is 6.62. The number of carbonyl (C=O) groups is 1. The zero-order chi connectivity index (χ0) is 19.1. The van der Waals surface area contributed by atoms with Gasteiger partial charge < -0.3 is 4.57 Å². The van der Waals surface area contributed by atoms with Gasteiger partial charge in [-0.15, -0.1) is 0 Å². The number of nitrogens with zero attached hydrogens (tertiary/aromatic N) is 2. The van der Waals surface area contributed by atoms with E-state index < -0.39 is 22.0 Å². The van der Waals surface area contributed by atoms with Crippen molar-refractivity contribution in [1.29, 1.82) is 0 Å². The maximum atomic E-state index is 13.2. The predicted molar refractivity (Wildman–Crippen MR) is 96.3 cm³/mol. The molecule has 1 aromatic heterocycles. The van der Waals surface area contributed by atoms with Crippen LogP contribution in [0.25, 0.3) is 0 Å². The van der Waals surface area contributed by atoms with Gasteiger partial charge in [-0.05, 0) is 31.0 Å². The van der Waals surface area contributed by atoms with Crippen LogP contribution >= 0.6 is 0 Å². The number of amides is 1. The van der Waals surface area contributed by atoms with Gasteiger partial charge in [0.05, 0.1) is 16.5 Å². The van der Waals surface area contributed by atoms with Crippen LogP contribution in [-0.2, 0) is 16.6 Å². The molecule has 0 bridgehead atoms. The molecule has 140 valence electrons. The van der Waals surface area contributed by atoms with Crippen molar-refractivity contribution in [2.45, 2.75) is 38.3 Å². The van der Waals surface area contributed by atoms with Crippen molar-refractivity contribution in [3.63, 3.8) is 0 Å². The van der Waals surface area contributed by atoms with Crippen molar-refractivity contribution in [3.8, 4) is 0 Å². The van der Waals surface area contributed by atoms with E-state index in [1.807, 2.05) is 25.3 Å². The van der Waals surface area contributed by atoms with Crippen LogP contribution in [0.2, 0.25) is 0 Å². The SMILES string of the molecule is Cc1ccc(S(=O)(=O)N2CCn3cc(C(=O)NO)cc3C2C(C)C)cc1. The molecule has 0 saturated heterocycles. The minimum Gasteiger partial charge on any atom is -0.348 e. The third kappa shape index (κ3) is 3.15. The molecule has 1 atom stereocenters. The van der Waals surface area contributed by atoms with Crippen molar-refractivity contribution in [3.05, 3.63) is 53.3 Å². The first-order valence-electron chi connectivity index (χ1n) is 8.48. The standard InChI is InChI=1S/C18H23N3O4S/c1-12(2)17-16-10-14(18(22)19-23)11-20(16)8-9-21(17)26(24,25)15-6-4-13(3)5-7-15/h4-7,10-12,17,23H,8-9H2,1-3H3,(H,19,22). The smallest absolute Gasteiger partial charge is 0.276 e. The molecule has 0 saturated carbocycles. The molecular formula is C18H23N3O4S. The lowest BCUT2D eigenvalue weighted by Crippen LogP contribution is -2.43. The van der Waals surface area contributed by atoms with Crippen molar-refractivity contribution < 1.29 is 18.4 Å². The van der Waals surface area contributed by atoms with Crippen LogP contribution in [0.4, 0.5) is 0 Å². The monoisotopic (exact) mass is 377 g/mol. The summed E-state index contributed by atoms with van der Waals surface area (Å²) in [6, 6.07) is 8.07. The van der Waals surface area contributed by atoms with Crippen LogP contribution in [0.15, 0.2) is 41.4 Å². The molecule has 7 nitrogen and oxygen atoms in total. The summed E-state index contributed by atoms with van der Waals surface area (Å²) < 4.78 is 29.8. The Morgan fingerprint density at radius 2 is 1.88 bits per heavy atom. The number of carbonyl (C=O) groups excluding carboxylic acids is 1. The summed E-state index contributed by atoms with van der Waals surface area (Å²) in [7, 11) is -3.66. The summed E-state index contributed by atoms with van der Waals surface area (Å²) >= 11 is 0. The normalized spacial score (nSPS) is 18.0. The number of aryl methyl sites for hydroxylation is 1. The summed E-state index contributed by atoms with van der Waals surface area (Å²) in [5.74, 6) is -0.600. The van der Waals surface area contributed by atoms with E-state index in [0.29, 0.717) is 18.7 Å². The fourth-order valence-electron chi connectivity index (χ4n) is 3.44. The molecule has 0 fully saturated rings. The lowest BCUT2D eigenvalue weighted by Gasteiger charge is -2.38. The molecule has 1 aromatic carbocycles. The average Bonchev–Trinajstić information content (AvgIpc) is 3.04. The molecule has 26 heavy (non-hydrogen) atoms. The Hall–Kier alpha value is -2.16. The number of hydrogen-bond acceptors (Lipinski definition) is 4. The molecule has 0 radical (unpaired) electrons. The second-order valence-corrected chi connectivity index (χ2v) is 8.80. The third-order valence-electron chi connectivity index (χ3n) is 4.73. The van der Waals surface area contributed by atoms with Gasteiger partial charge in [0.2, 0.25) is 10.0 Å². The highest BCUT2D eigenvalue weighted by Crippen LogP contribution is 2.37.